The van der Waals surface area contributed by atoms with Crippen LogP contribution in [-0.4, -0.2) is 18.5 Å². The second-order valence-electron chi connectivity index (χ2n) is 3.59. The van der Waals surface area contributed by atoms with Crippen molar-refractivity contribution in [2.24, 2.45) is 11.7 Å². The van der Waals surface area contributed by atoms with Crippen molar-refractivity contribution in [1.29, 1.82) is 0 Å². The van der Waals surface area contributed by atoms with Gasteiger partial charge in [-0.3, -0.25) is 4.79 Å². The van der Waals surface area contributed by atoms with Crippen LogP contribution >= 0.6 is 0 Å². The van der Waals surface area contributed by atoms with E-state index in [9.17, 15) is 4.79 Å². The molecule has 0 aromatic heterocycles. The number of carbonyl (C=O) groups is 1. The molecule has 12 heavy (non-hydrogen) atoms. The SMILES string of the molecule is CC(=O)NC(CN)C1CCCC1. The van der Waals surface area contributed by atoms with Gasteiger partial charge in [-0.2, -0.15) is 0 Å². The maximum Gasteiger partial charge on any atom is 0.217 e. The standard InChI is InChI=1S/C9H18N2O/c1-7(12)11-9(6-10)8-4-2-3-5-8/h8-9H,2-6,10H2,1H3,(H,11,12). The number of amides is 1. The third-order valence-electron chi connectivity index (χ3n) is 2.61. The lowest BCUT2D eigenvalue weighted by Crippen LogP contribution is -2.43. The zero-order valence-corrected chi connectivity index (χ0v) is 7.68. The molecule has 1 saturated carbocycles. The van der Waals surface area contributed by atoms with Crippen molar-refractivity contribution >= 4 is 5.91 Å². The molecule has 0 aromatic carbocycles. The Bertz CT molecular complexity index is 153. The highest BCUT2D eigenvalue weighted by Crippen LogP contribution is 2.27. The number of carbonyl (C=O) groups excluding carboxylic acids is 1. The van der Waals surface area contributed by atoms with E-state index in [0.717, 1.165) is 0 Å². The van der Waals surface area contributed by atoms with Crippen LogP contribution in [0.2, 0.25) is 0 Å². The van der Waals surface area contributed by atoms with Crippen LogP contribution in [0.1, 0.15) is 32.6 Å². The van der Waals surface area contributed by atoms with Gasteiger partial charge < -0.3 is 11.1 Å². The molecule has 0 bridgehead atoms. The predicted octanol–water partition coefficient (Wildman–Crippen LogP) is 0.640. The summed E-state index contributed by atoms with van der Waals surface area (Å²) < 4.78 is 0. The summed E-state index contributed by atoms with van der Waals surface area (Å²) in [5, 5.41) is 2.91. The number of nitrogens with one attached hydrogen (secondary N) is 1. The molecule has 1 aliphatic rings. The topological polar surface area (TPSA) is 55.1 Å². The minimum Gasteiger partial charge on any atom is -0.352 e. The second-order valence-corrected chi connectivity index (χ2v) is 3.59. The first kappa shape index (κ1) is 9.52. The van der Waals surface area contributed by atoms with Gasteiger partial charge in [-0.05, 0) is 18.8 Å². The fraction of sp³-hybridized carbons (Fsp3) is 0.889. The Hall–Kier alpha value is -0.570. The monoisotopic (exact) mass is 170 g/mol. The third kappa shape index (κ3) is 2.48. The fourth-order valence-corrected chi connectivity index (χ4v) is 1.99. The number of nitrogens with two attached hydrogens (primary N) is 1. The summed E-state index contributed by atoms with van der Waals surface area (Å²) in [4.78, 5) is 10.8. The van der Waals surface area contributed by atoms with Crippen LogP contribution < -0.4 is 11.1 Å². The van der Waals surface area contributed by atoms with Crippen molar-refractivity contribution < 1.29 is 4.79 Å². The Balaban J connectivity index is 2.37. The van der Waals surface area contributed by atoms with Crippen LogP contribution in [0.5, 0.6) is 0 Å². The Morgan fingerprint density at radius 3 is 2.58 bits per heavy atom. The molecule has 0 aromatic rings. The first-order chi connectivity index (χ1) is 5.74. The molecule has 3 N–H and O–H groups in total. The summed E-state index contributed by atoms with van der Waals surface area (Å²) in [5.41, 5.74) is 5.59. The van der Waals surface area contributed by atoms with Crippen molar-refractivity contribution in [3.63, 3.8) is 0 Å². The highest BCUT2D eigenvalue weighted by molar-refractivity contribution is 5.73. The van der Waals surface area contributed by atoms with Crippen LogP contribution in [0.25, 0.3) is 0 Å². The van der Waals surface area contributed by atoms with Gasteiger partial charge in [-0.15, -0.1) is 0 Å². The number of hydrogen-bond donors (Lipinski definition) is 2. The largest absolute Gasteiger partial charge is 0.352 e. The minimum atomic E-state index is 0.0392. The molecule has 1 fully saturated rings. The first-order valence-corrected chi connectivity index (χ1v) is 4.71. The number of hydrogen-bond acceptors (Lipinski definition) is 2. The highest BCUT2D eigenvalue weighted by Gasteiger charge is 2.24. The van der Waals surface area contributed by atoms with Gasteiger partial charge in [0.25, 0.3) is 0 Å². The van der Waals surface area contributed by atoms with Gasteiger partial charge in [-0.25, -0.2) is 0 Å². The first-order valence-electron chi connectivity index (χ1n) is 4.71. The average Bonchev–Trinajstić information content (AvgIpc) is 2.51. The third-order valence-corrected chi connectivity index (χ3v) is 2.61. The number of rotatable bonds is 3. The lowest BCUT2D eigenvalue weighted by molar-refractivity contribution is -0.119. The van der Waals surface area contributed by atoms with Gasteiger partial charge in [0.1, 0.15) is 0 Å². The molecule has 1 unspecified atom stereocenters. The summed E-state index contributed by atoms with van der Waals surface area (Å²) in [6, 6.07) is 0.213. The van der Waals surface area contributed by atoms with Gasteiger partial charge in [0.15, 0.2) is 0 Å². The lowest BCUT2D eigenvalue weighted by Gasteiger charge is -2.22. The lowest BCUT2D eigenvalue weighted by atomic mass is 9.98. The van der Waals surface area contributed by atoms with Crippen molar-refractivity contribution in [2.75, 3.05) is 6.54 Å². The molecule has 3 heteroatoms. The van der Waals surface area contributed by atoms with E-state index in [1.165, 1.54) is 25.7 Å². The second kappa shape index (κ2) is 4.45. The summed E-state index contributed by atoms with van der Waals surface area (Å²) >= 11 is 0. The zero-order chi connectivity index (χ0) is 8.97. The van der Waals surface area contributed by atoms with Crippen LogP contribution in [-0.2, 0) is 4.79 Å². The molecule has 1 aliphatic carbocycles. The molecule has 0 saturated heterocycles. The molecule has 1 amide bonds. The summed E-state index contributed by atoms with van der Waals surface area (Å²) in [7, 11) is 0. The molecule has 0 heterocycles. The minimum absolute atomic E-state index is 0.0392. The van der Waals surface area contributed by atoms with Gasteiger partial charge in [0.05, 0.1) is 0 Å². The van der Waals surface area contributed by atoms with Crippen LogP contribution in [0, 0.1) is 5.92 Å². The Morgan fingerprint density at radius 1 is 1.58 bits per heavy atom. The van der Waals surface area contributed by atoms with E-state index in [1.807, 2.05) is 0 Å². The van der Waals surface area contributed by atoms with Crippen LogP contribution in [0.3, 0.4) is 0 Å². The van der Waals surface area contributed by atoms with Crippen molar-refractivity contribution in [2.45, 2.75) is 38.6 Å². The summed E-state index contributed by atoms with van der Waals surface area (Å²) in [6.45, 7) is 2.13. The van der Waals surface area contributed by atoms with E-state index in [1.54, 1.807) is 6.92 Å². The van der Waals surface area contributed by atoms with E-state index >= 15 is 0 Å². The average molecular weight is 170 g/mol. The zero-order valence-electron chi connectivity index (χ0n) is 7.68. The molecule has 1 atom stereocenters. The van der Waals surface area contributed by atoms with E-state index in [-0.39, 0.29) is 11.9 Å². The molecule has 70 valence electrons. The quantitative estimate of drug-likeness (QED) is 0.653. The Kier molecular flexibility index (Phi) is 3.53. The molecule has 1 rings (SSSR count). The molecule has 0 radical (unpaired) electrons. The normalized spacial score (nSPS) is 20.8. The maximum atomic E-state index is 10.8. The van der Waals surface area contributed by atoms with Crippen molar-refractivity contribution in [3.8, 4) is 0 Å². The van der Waals surface area contributed by atoms with Gasteiger partial charge in [0, 0.05) is 19.5 Å². The van der Waals surface area contributed by atoms with E-state index in [2.05, 4.69) is 5.32 Å². The van der Waals surface area contributed by atoms with Gasteiger partial charge >= 0.3 is 0 Å². The van der Waals surface area contributed by atoms with Crippen molar-refractivity contribution in [1.82, 2.24) is 5.32 Å². The van der Waals surface area contributed by atoms with E-state index in [0.29, 0.717) is 12.5 Å². The summed E-state index contributed by atoms with van der Waals surface area (Å²) in [6.07, 6.45) is 5.03. The van der Waals surface area contributed by atoms with Crippen LogP contribution in [0.15, 0.2) is 0 Å². The predicted molar refractivity (Wildman–Crippen MR) is 48.6 cm³/mol. The molecule has 0 spiro atoms. The summed E-state index contributed by atoms with van der Waals surface area (Å²) in [5.74, 6) is 0.663. The van der Waals surface area contributed by atoms with Gasteiger partial charge in [0.2, 0.25) is 5.91 Å². The molecular weight excluding hydrogens is 152 g/mol. The fourth-order valence-electron chi connectivity index (χ4n) is 1.99. The molecule has 0 aliphatic heterocycles. The maximum absolute atomic E-state index is 10.8. The Morgan fingerprint density at radius 2 is 2.17 bits per heavy atom. The van der Waals surface area contributed by atoms with Crippen molar-refractivity contribution in [3.05, 3.63) is 0 Å². The Labute approximate surface area is 73.7 Å². The van der Waals surface area contributed by atoms with Gasteiger partial charge in [-0.1, -0.05) is 12.8 Å². The van der Waals surface area contributed by atoms with Crippen LogP contribution in [0.4, 0.5) is 0 Å². The van der Waals surface area contributed by atoms with E-state index in [4.69, 9.17) is 5.73 Å². The smallest absolute Gasteiger partial charge is 0.217 e. The van der Waals surface area contributed by atoms with E-state index < -0.39 is 0 Å². The molecule has 3 nitrogen and oxygen atoms in total. The highest BCUT2D eigenvalue weighted by atomic mass is 16.1. The molecular formula is C9H18N2O.